The van der Waals surface area contributed by atoms with E-state index in [0.29, 0.717) is 17.3 Å². The van der Waals surface area contributed by atoms with Gasteiger partial charge < -0.3 is 9.30 Å². The molecule has 2 heterocycles. The fraction of sp³-hybridized carbons (Fsp3) is 0.500. The Morgan fingerprint density at radius 3 is 3.11 bits per heavy atom. The standard InChI is InChI=1S/C10H14ClN5O2/c1-17-7-18-15-3-2-4-16-6-14-10-8(16)9(11)12-5-13-10/h5-6,15H,2-4,7H2,1H3. The molecular weight excluding hydrogens is 258 g/mol. The molecule has 2 aromatic heterocycles. The van der Waals surface area contributed by atoms with Crippen molar-refractivity contribution in [1.82, 2.24) is 25.0 Å². The summed E-state index contributed by atoms with van der Waals surface area (Å²) in [6.07, 6.45) is 3.98. The number of imidazole rings is 1. The molecule has 0 saturated carbocycles. The van der Waals surface area contributed by atoms with Gasteiger partial charge in [-0.3, -0.25) is 4.84 Å². The van der Waals surface area contributed by atoms with Crippen molar-refractivity contribution >= 4 is 22.8 Å². The Morgan fingerprint density at radius 2 is 2.28 bits per heavy atom. The van der Waals surface area contributed by atoms with Crippen LogP contribution in [-0.4, -0.2) is 40.0 Å². The summed E-state index contributed by atoms with van der Waals surface area (Å²) < 4.78 is 6.66. The number of nitrogens with zero attached hydrogens (tertiary/aromatic N) is 4. The van der Waals surface area contributed by atoms with Crippen LogP contribution in [0.4, 0.5) is 0 Å². The van der Waals surface area contributed by atoms with E-state index in [4.69, 9.17) is 21.2 Å². The van der Waals surface area contributed by atoms with E-state index in [-0.39, 0.29) is 6.79 Å². The summed E-state index contributed by atoms with van der Waals surface area (Å²) in [6.45, 7) is 1.69. The number of aryl methyl sites for hydroxylation is 1. The van der Waals surface area contributed by atoms with E-state index in [9.17, 15) is 0 Å². The maximum Gasteiger partial charge on any atom is 0.182 e. The Balaban J connectivity index is 1.88. The van der Waals surface area contributed by atoms with Gasteiger partial charge >= 0.3 is 0 Å². The molecule has 0 aromatic carbocycles. The zero-order chi connectivity index (χ0) is 12.8. The van der Waals surface area contributed by atoms with Gasteiger partial charge in [0.25, 0.3) is 0 Å². The number of halogens is 1. The van der Waals surface area contributed by atoms with Crippen LogP contribution >= 0.6 is 11.6 Å². The van der Waals surface area contributed by atoms with E-state index in [1.54, 1.807) is 13.4 Å². The fourth-order valence-corrected chi connectivity index (χ4v) is 1.77. The van der Waals surface area contributed by atoms with E-state index in [2.05, 4.69) is 20.4 Å². The highest BCUT2D eigenvalue weighted by Crippen LogP contribution is 2.17. The summed E-state index contributed by atoms with van der Waals surface area (Å²) in [6, 6.07) is 0. The third-order valence-corrected chi connectivity index (χ3v) is 2.60. The smallest absolute Gasteiger partial charge is 0.182 e. The van der Waals surface area contributed by atoms with Crippen LogP contribution in [0.25, 0.3) is 11.2 Å². The zero-order valence-electron chi connectivity index (χ0n) is 9.97. The number of hydroxylamine groups is 1. The fourth-order valence-electron chi connectivity index (χ4n) is 1.54. The Labute approximate surface area is 109 Å². The molecule has 18 heavy (non-hydrogen) atoms. The molecule has 2 aromatic rings. The quantitative estimate of drug-likeness (QED) is 0.350. The second-order valence-corrected chi connectivity index (χ2v) is 3.93. The van der Waals surface area contributed by atoms with Gasteiger partial charge in [0, 0.05) is 20.2 Å². The number of nitrogens with one attached hydrogen (secondary N) is 1. The summed E-state index contributed by atoms with van der Waals surface area (Å²) in [7, 11) is 1.57. The number of rotatable bonds is 7. The van der Waals surface area contributed by atoms with Gasteiger partial charge in [0.1, 0.15) is 11.8 Å². The Hall–Kier alpha value is -1.28. The number of hydrogen-bond donors (Lipinski definition) is 1. The van der Waals surface area contributed by atoms with Crippen LogP contribution in [0, 0.1) is 0 Å². The van der Waals surface area contributed by atoms with Gasteiger partial charge in [0.05, 0.1) is 6.33 Å². The lowest BCUT2D eigenvalue weighted by Gasteiger charge is -2.06. The van der Waals surface area contributed by atoms with Crippen LogP contribution in [0.15, 0.2) is 12.7 Å². The van der Waals surface area contributed by atoms with Crippen molar-refractivity contribution in [3.05, 3.63) is 17.8 Å². The molecule has 8 heteroatoms. The number of methoxy groups -OCH3 is 1. The molecule has 0 unspecified atom stereocenters. The maximum atomic E-state index is 6.02. The summed E-state index contributed by atoms with van der Waals surface area (Å²) >= 11 is 6.02. The first-order chi connectivity index (χ1) is 8.83. The van der Waals surface area contributed by atoms with Gasteiger partial charge in [-0.2, -0.15) is 5.48 Å². The molecule has 0 aliphatic heterocycles. The SMILES string of the molecule is COCONCCCn1cnc2ncnc(Cl)c21. The second-order valence-electron chi connectivity index (χ2n) is 3.57. The molecule has 0 amide bonds. The number of aromatic nitrogens is 4. The number of fused-ring (bicyclic) bond motifs is 1. The van der Waals surface area contributed by atoms with Crippen LogP contribution in [0.2, 0.25) is 5.15 Å². The second kappa shape index (κ2) is 6.60. The van der Waals surface area contributed by atoms with Gasteiger partial charge in [-0.1, -0.05) is 11.6 Å². The van der Waals surface area contributed by atoms with Crippen molar-refractivity contribution in [2.45, 2.75) is 13.0 Å². The Morgan fingerprint density at radius 1 is 1.39 bits per heavy atom. The average Bonchev–Trinajstić information content (AvgIpc) is 2.78. The predicted octanol–water partition coefficient (Wildman–Crippen LogP) is 0.995. The molecule has 0 aliphatic carbocycles. The minimum Gasteiger partial charge on any atom is -0.357 e. The van der Waals surface area contributed by atoms with Crippen molar-refractivity contribution in [2.75, 3.05) is 20.4 Å². The highest BCUT2D eigenvalue weighted by atomic mass is 35.5. The predicted molar refractivity (Wildman–Crippen MR) is 65.9 cm³/mol. The van der Waals surface area contributed by atoms with E-state index in [0.717, 1.165) is 18.5 Å². The number of hydrogen-bond acceptors (Lipinski definition) is 6. The lowest BCUT2D eigenvalue weighted by atomic mass is 10.4. The molecule has 98 valence electrons. The molecule has 2 rings (SSSR count). The lowest BCUT2D eigenvalue weighted by Crippen LogP contribution is -2.18. The van der Waals surface area contributed by atoms with E-state index < -0.39 is 0 Å². The minimum atomic E-state index is 0.230. The van der Waals surface area contributed by atoms with Crippen molar-refractivity contribution in [3.63, 3.8) is 0 Å². The molecule has 1 N–H and O–H groups in total. The maximum absolute atomic E-state index is 6.02. The van der Waals surface area contributed by atoms with Gasteiger partial charge in [-0.25, -0.2) is 15.0 Å². The van der Waals surface area contributed by atoms with Gasteiger partial charge in [0.2, 0.25) is 0 Å². The van der Waals surface area contributed by atoms with Crippen molar-refractivity contribution in [2.24, 2.45) is 0 Å². The van der Waals surface area contributed by atoms with Crippen LogP contribution in [0.1, 0.15) is 6.42 Å². The zero-order valence-corrected chi connectivity index (χ0v) is 10.7. The van der Waals surface area contributed by atoms with Crippen molar-refractivity contribution < 1.29 is 9.57 Å². The molecule has 0 saturated heterocycles. The first kappa shape index (κ1) is 13.2. The van der Waals surface area contributed by atoms with Gasteiger partial charge in [0.15, 0.2) is 17.6 Å². The molecule has 0 fully saturated rings. The summed E-state index contributed by atoms with van der Waals surface area (Å²) in [4.78, 5) is 17.1. The van der Waals surface area contributed by atoms with Crippen LogP contribution in [0.5, 0.6) is 0 Å². The minimum absolute atomic E-state index is 0.230. The van der Waals surface area contributed by atoms with Crippen molar-refractivity contribution in [3.8, 4) is 0 Å². The molecular formula is C10H14ClN5O2. The molecule has 0 bridgehead atoms. The third-order valence-electron chi connectivity index (χ3n) is 2.32. The van der Waals surface area contributed by atoms with Crippen LogP contribution in [0.3, 0.4) is 0 Å². The highest BCUT2D eigenvalue weighted by Gasteiger charge is 2.08. The van der Waals surface area contributed by atoms with E-state index >= 15 is 0 Å². The van der Waals surface area contributed by atoms with Crippen LogP contribution in [-0.2, 0) is 16.1 Å². The first-order valence-corrected chi connectivity index (χ1v) is 5.85. The topological polar surface area (TPSA) is 74.1 Å². The number of ether oxygens (including phenoxy) is 1. The highest BCUT2D eigenvalue weighted by molar-refractivity contribution is 6.33. The summed E-state index contributed by atoms with van der Waals surface area (Å²) in [5.41, 5.74) is 4.16. The largest absolute Gasteiger partial charge is 0.357 e. The Kier molecular flexibility index (Phi) is 4.82. The molecule has 0 aliphatic rings. The molecule has 7 nitrogen and oxygen atoms in total. The van der Waals surface area contributed by atoms with Crippen LogP contribution < -0.4 is 5.48 Å². The monoisotopic (exact) mass is 271 g/mol. The molecule has 0 atom stereocenters. The summed E-state index contributed by atoms with van der Waals surface area (Å²) in [5, 5.41) is 0.418. The lowest BCUT2D eigenvalue weighted by molar-refractivity contribution is -0.0819. The third kappa shape index (κ3) is 3.14. The average molecular weight is 272 g/mol. The first-order valence-electron chi connectivity index (χ1n) is 5.48. The molecule has 0 spiro atoms. The van der Waals surface area contributed by atoms with Gasteiger partial charge in [-0.15, -0.1) is 0 Å². The van der Waals surface area contributed by atoms with Crippen molar-refractivity contribution in [1.29, 1.82) is 0 Å². The normalized spacial score (nSPS) is 11.2. The molecule has 0 radical (unpaired) electrons. The summed E-state index contributed by atoms with van der Waals surface area (Å²) in [5.74, 6) is 0. The van der Waals surface area contributed by atoms with Gasteiger partial charge in [-0.05, 0) is 6.42 Å². The van der Waals surface area contributed by atoms with E-state index in [1.165, 1.54) is 6.33 Å². The Bertz CT molecular complexity index is 504. The van der Waals surface area contributed by atoms with E-state index in [1.807, 2.05) is 4.57 Å².